The molecule has 1 aromatic carbocycles. The van der Waals surface area contributed by atoms with Crippen molar-refractivity contribution in [2.24, 2.45) is 0 Å². The van der Waals surface area contributed by atoms with E-state index in [-0.39, 0.29) is 17.5 Å². The van der Waals surface area contributed by atoms with Crippen LogP contribution in [0.4, 0.5) is 8.78 Å². The molecule has 0 aromatic heterocycles. The average Bonchev–Trinajstić information content (AvgIpc) is 2.80. The number of hydrogen-bond donors (Lipinski definition) is 2. The van der Waals surface area contributed by atoms with Crippen LogP contribution in [0.5, 0.6) is 0 Å². The number of halogens is 2. The zero-order valence-corrected chi connectivity index (χ0v) is 11.7. The van der Waals surface area contributed by atoms with Crippen molar-refractivity contribution in [2.75, 3.05) is 0 Å². The molecule has 1 amide bonds. The maximum Gasteiger partial charge on any atom is 0.305 e. The van der Waals surface area contributed by atoms with Gasteiger partial charge in [-0.1, -0.05) is 12.8 Å². The molecule has 2 N–H and O–H groups in total. The minimum atomic E-state index is -1.01. The summed E-state index contributed by atoms with van der Waals surface area (Å²) in [4.78, 5) is 23.2. The molecule has 0 aliphatic heterocycles. The van der Waals surface area contributed by atoms with E-state index in [9.17, 15) is 18.4 Å². The summed E-state index contributed by atoms with van der Waals surface area (Å²) < 4.78 is 27.0. The molecule has 0 atom stereocenters. The molecule has 1 saturated carbocycles. The second kappa shape index (κ2) is 5.79. The lowest BCUT2D eigenvalue weighted by molar-refractivity contribution is -0.138. The van der Waals surface area contributed by atoms with Gasteiger partial charge in [-0.05, 0) is 31.4 Å². The number of benzene rings is 1. The van der Waals surface area contributed by atoms with Crippen molar-refractivity contribution in [1.82, 2.24) is 5.32 Å². The fourth-order valence-electron chi connectivity index (χ4n) is 2.83. The lowest BCUT2D eigenvalue weighted by atomic mass is 9.92. The van der Waals surface area contributed by atoms with E-state index in [1.165, 1.54) is 6.92 Å². The summed E-state index contributed by atoms with van der Waals surface area (Å²) in [6.07, 6.45) is 2.54. The van der Waals surface area contributed by atoms with Crippen LogP contribution >= 0.6 is 0 Å². The topological polar surface area (TPSA) is 66.4 Å². The Labute approximate surface area is 121 Å². The van der Waals surface area contributed by atoms with Gasteiger partial charge in [-0.3, -0.25) is 9.59 Å². The first-order chi connectivity index (χ1) is 9.83. The van der Waals surface area contributed by atoms with Gasteiger partial charge >= 0.3 is 5.97 Å². The van der Waals surface area contributed by atoms with Crippen LogP contribution in [0.1, 0.15) is 48.0 Å². The van der Waals surface area contributed by atoms with Gasteiger partial charge in [0.15, 0.2) is 0 Å². The summed E-state index contributed by atoms with van der Waals surface area (Å²) in [6, 6.07) is 1.81. The SMILES string of the molecule is Cc1cc(C(=O)NC2(CC(=O)O)CCCC2)c(F)cc1F. The van der Waals surface area contributed by atoms with Crippen molar-refractivity contribution < 1.29 is 23.5 Å². The number of carbonyl (C=O) groups is 2. The first kappa shape index (κ1) is 15.4. The molecule has 1 aromatic rings. The number of carboxylic acids is 1. The normalized spacial score (nSPS) is 16.7. The molecule has 0 bridgehead atoms. The second-order valence-corrected chi connectivity index (χ2v) is 5.59. The molecule has 4 nitrogen and oxygen atoms in total. The van der Waals surface area contributed by atoms with Gasteiger partial charge < -0.3 is 10.4 Å². The van der Waals surface area contributed by atoms with Crippen LogP contribution in [0.2, 0.25) is 0 Å². The number of hydrogen-bond acceptors (Lipinski definition) is 2. The van der Waals surface area contributed by atoms with Gasteiger partial charge in [-0.15, -0.1) is 0 Å². The molecule has 21 heavy (non-hydrogen) atoms. The van der Waals surface area contributed by atoms with Gasteiger partial charge in [-0.25, -0.2) is 8.78 Å². The van der Waals surface area contributed by atoms with Crippen molar-refractivity contribution >= 4 is 11.9 Å². The predicted octanol–water partition coefficient (Wildman–Crippen LogP) is 2.79. The van der Waals surface area contributed by atoms with Crippen LogP contribution in [-0.4, -0.2) is 22.5 Å². The third-order valence-electron chi connectivity index (χ3n) is 3.92. The van der Waals surface area contributed by atoms with Crippen molar-refractivity contribution in [3.63, 3.8) is 0 Å². The predicted molar refractivity (Wildman–Crippen MR) is 72.0 cm³/mol. The van der Waals surface area contributed by atoms with Crippen LogP contribution in [0.3, 0.4) is 0 Å². The van der Waals surface area contributed by atoms with Gasteiger partial charge in [0.1, 0.15) is 11.6 Å². The van der Waals surface area contributed by atoms with E-state index in [0.717, 1.165) is 18.9 Å². The largest absolute Gasteiger partial charge is 0.481 e. The van der Waals surface area contributed by atoms with Gasteiger partial charge in [0.2, 0.25) is 0 Å². The monoisotopic (exact) mass is 297 g/mol. The molecule has 0 saturated heterocycles. The van der Waals surface area contributed by atoms with Crippen LogP contribution in [0.15, 0.2) is 12.1 Å². The van der Waals surface area contributed by atoms with Crippen molar-refractivity contribution in [1.29, 1.82) is 0 Å². The molecule has 6 heteroatoms. The lowest BCUT2D eigenvalue weighted by Crippen LogP contribution is -2.48. The first-order valence-corrected chi connectivity index (χ1v) is 6.83. The number of rotatable bonds is 4. The zero-order chi connectivity index (χ0) is 15.6. The first-order valence-electron chi connectivity index (χ1n) is 6.83. The highest BCUT2D eigenvalue weighted by atomic mass is 19.1. The molecular weight excluding hydrogens is 280 g/mol. The fraction of sp³-hybridized carbons (Fsp3) is 0.467. The Kier molecular flexibility index (Phi) is 4.25. The Morgan fingerprint density at radius 1 is 1.24 bits per heavy atom. The Morgan fingerprint density at radius 2 is 1.86 bits per heavy atom. The Bertz CT molecular complexity index is 581. The summed E-state index contributed by atoms with van der Waals surface area (Å²) >= 11 is 0. The molecule has 1 aliphatic rings. The smallest absolute Gasteiger partial charge is 0.305 e. The zero-order valence-electron chi connectivity index (χ0n) is 11.7. The van der Waals surface area contributed by atoms with Gasteiger partial charge in [-0.2, -0.15) is 0 Å². The molecule has 1 aliphatic carbocycles. The van der Waals surface area contributed by atoms with Gasteiger partial charge in [0.05, 0.1) is 17.5 Å². The van der Waals surface area contributed by atoms with Crippen molar-refractivity contribution in [3.8, 4) is 0 Å². The van der Waals surface area contributed by atoms with Crippen LogP contribution in [0, 0.1) is 18.6 Å². The fourth-order valence-corrected chi connectivity index (χ4v) is 2.83. The summed E-state index contributed by atoms with van der Waals surface area (Å²) in [7, 11) is 0. The summed E-state index contributed by atoms with van der Waals surface area (Å²) in [5.41, 5.74) is -0.928. The summed E-state index contributed by atoms with van der Waals surface area (Å²) in [5.74, 6) is -3.36. The number of nitrogens with one attached hydrogen (secondary N) is 1. The summed E-state index contributed by atoms with van der Waals surface area (Å²) in [6.45, 7) is 1.44. The number of aryl methyl sites for hydroxylation is 1. The number of carboxylic acid groups (broad SMARTS) is 1. The van der Waals surface area contributed by atoms with E-state index in [0.29, 0.717) is 18.9 Å². The number of amides is 1. The highest BCUT2D eigenvalue weighted by Crippen LogP contribution is 2.33. The molecular formula is C15H17F2NO3. The van der Waals surface area contributed by atoms with Gasteiger partial charge in [0, 0.05) is 6.07 Å². The van der Waals surface area contributed by atoms with E-state index in [4.69, 9.17) is 5.11 Å². The molecule has 0 unspecified atom stereocenters. The van der Waals surface area contributed by atoms with E-state index in [1.54, 1.807) is 0 Å². The Morgan fingerprint density at radius 3 is 2.43 bits per heavy atom. The maximum atomic E-state index is 13.7. The van der Waals surface area contributed by atoms with E-state index < -0.39 is 29.0 Å². The molecule has 0 spiro atoms. The van der Waals surface area contributed by atoms with Crippen molar-refractivity contribution in [2.45, 2.75) is 44.6 Å². The standard InChI is InChI=1S/C15H17F2NO3/c1-9-6-10(12(17)7-11(9)16)14(21)18-15(8-13(19)20)4-2-3-5-15/h6-7H,2-5,8H2,1H3,(H,18,21)(H,19,20). The average molecular weight is 297 g/mol. The highest BCUT2D eigenvalue weighted by molar-refractivity contribution is 5.95. The minimum absolute atomic E-state index is 0.167. The van der Waals surface area contributed by atoms with E-state index in [2.05, 4.69) is 5.32 Å². The number of aliphatic carboxylic acids is 1. The Balaban J connectivity index is 2.24. The third-order valence-corrected chi connectivity index (χ3v) is 3.92. The van der Waals surface area contributed by atoms with E-state index >= 15 is 0 Å². The van der Waals surface area contributed by atoms with Crippen LogP contribution in [0.25, 0.3) is 0 Å². The lowest BCUT2D eigenvalue weighted by Gasteiger charge is -2.28. The molecule has 114 valence electrons. The van der Waals surface area contributed by atoms with Crippen LogP contribution < -0.4 is 5.32 Å². The third kappa shape index (κ3) is 3.37. The second-order valence-electron chi connectivity index (χ2n) is 5.59. The molecule has 1 fully saturated rings. The molecule has 2 rings (SSSR count). The minimum Gasteiger partial charge on any atom is -0.481 e. The molecule has 0 heterocycles. The van der Waals surface area contributed by atoms with Crippen LogP contribution in [-0.2, 0) is 4.79 Å². The quantitative estimate of drug-likeness (QED) is 0.898. The van der Waals surface area contributed by atoms with Gasteiger partial charge in [0.25, 0.3) is 5.91 Å². The Hall–Kier alpha value is -1.98. The highest BCUT2D eigenvalue weighted by Gasteiger charge is 2.38. The van der Waals surface area contributed by atoms with E-state index in [1.807, 2.05) is 0 Å². The molecule has 0 radical (unpaired) electrons. The van der Waals surface area contributed by atoms with Crippen molar-refractivity contribution in [3.05, 3.63) is 34.9 Å². The maximum absolute atomic E-state index is 13.7. The summed E-state index contributed by atoms with van der Waals surface area (Å²) in [5, 5.41) is 11.6. The number of carbonyl (C=O) groups excluding carboxylic acids is 1.